The Balaban J connectivity index is 2.12. The maximum absolute atomic E-state index is 12.4. The Morgan fingerprint density at radius 3 is 2.59 bits per heavy atom. The van der Waals surface area contributed by atoms with E-state index in [1.807, 2.05) is 37.3 Å². The number of likely N-dealkylation sites (N-methyl/N-ethyl adjacent to an activating group) is 1. The van der Waals surface area contributed by atoms with Gasteiger partial charge in [0.05, 0.1) is 12.3 Å². The Hall–Kier alpha value is -2.63. The van der Waals surface area contributed by atoms with Gasteiger partial charge in [0, 0.05) is 12.1 Å². The first-order chi connectivity index (χ1) is 10.7. The van der Waals surface area contributed by atoms with Crippen LogP contribution in [0, 0.1) is 0 Å². The maximum Gasteiger partial charge on any atom is 0.325 e. The zero-order chi connectivity index (χ0) is 15.9. The Kier molecular flexibility index (Phi) is 5.30. The molecule has 0 saturated carbocycles. The third-order valence-electron chi connectivity index (χ3n) is 3.17. The van der Waals surface area contributed by atoms with Gasteiger partial charge in [-0.25, -0.2) is 0 Å². The lowest BCUT2D eigenvalue weighted by Gasteiger charge is -2.18. The van der Waals surface area contributed by atoms with Crippen LogP contribution in [-0.4, -0.2) is 46.7 Å². The highest BCUT2D eigenvalue weighted by Gasteiger charge is 2.20. The lowest BCUT2D eigenvalue weighted by molar-refractivity contribution is -0.143. The number of amides is 1. The summed E-state index contributed by atoms with van der Waals surface area (Å²) in [7, 11) is 0. The standard InChI is InChI=1S/C16H19N3O3/c1-3-19(11-15(20)22-4-2)16(21)14-10-13(17-18-14)12-8-6-5-7-9-12/h5-10H,3-4,11H2,1-2H3,(H,17,18). The second-order valence-electron chi connectivity index (χ2n) is 4.66. The van der Waals surface area contributed by atoms with Crippen molar-refractivity contribution in [3.63, 3.8) is 0 Å². The van der Waals surface area contributed by atoms with Gasteiger partial charge in [0.1, 0.15) is 12.2 Å². The van der Waals surface area contributed by atoms with Crippen molar-refractivity contribution < 1.29 is 14.3 Å². The molecule has 0 aliphatic rings. The van der Waals surface area contributed by atoms with Crippen molar-refractivity contribution in [1.82, 2.24) is 15.1 Å². The Labute approximate surface area is 129 Å². The molecular formula is C16H19N3O3. The van der Waals surface area contributed by atoms with Crippen molar-refractivity contribution in [3.8, 4) is 11.3 Å². The van der Waals surface area contributed by atoms with Crippen LogP contribution in [0.3, 0.4) is 0 Å². The Morgan fingerprint density at radius 1 is 1.23 bits per heavy atom. The molecule has 2 aromatic rings. The lowest BCUT2D eigenvalue weighted by atomic mass is 10.1. The van der Waals surface area contributed by atoms with Crippen LogP contribution in [0.2, 0.25) is 0 Å². The van der Waals surface area contributed by atoms with Gasteiger partial charge in [-0.15, -0.1) is 0 Å². The number of rotatable bonds is 6. The molecule has 2 rings (SSSR count). The summed E-state index contributed by atoms with van der Waals surface area (Å²) in [6, 6.07) is 11.3. The van der Waals surface area contributed by atoms with Crippen LogP contribution >= 0.6 is 0 Å². The first kappa shape index (κ1) is 15.8. The molecule has 6 heteroatoms. The molecule has 116 valence electrons. The highest BCUT2D eigenvalue weighted by molar-refractivity contribution is 5.95. The van der Waals surface area contributed by atoms with Crippen molar-refractivity contribution in [3.05, 3.63) is 42.1 Å². The molecule has 1 heterocycles. The summed E-state index contributed by atoms with van der Waals surface area (Å²) in [6.45, 7) is 4.19. The fraction of sp³-hybridized carbons (Fsp3) is 0.312. The zero-order valence-corrected chi connectivity index (χ0v) is 12.7. The van der Waals surface area contributed by atoms with Crippen LogP contribution in [0.5, 0.6) is 0 Å². The predicted octanol–water partition coefficient (Wildman–Crippen LogP) is 2.10. The molecule has 1 aromatic carbocycles. The number of aromatic amines is 1. The van der Waals surface area contributed by atoms with Gasteiger partial charge in [-0.3, -0.25) is 14.7 Å². The van der Waals surface area contributed by atoms with Crippen molar-refractivity contribution in [2.24, 2.45) is 0 Å². The van der Waals surface area contributed by atoms with E-state index < -0.39 is 5.97 Å². The number of ether oxygens (including phenoxy) is 1. The largest absolute Gasteiger partial charge is 0.465 e. The van der Waals surface area contributed by atoms with Crippen molar-refractivity contribution in [2.75, 3.05) is 19.7 Å². The monoisotopic (exact) mass is 301 g/mol. The third kappa shape index (κ3) is 3.72. The van der Waals surface area contributed by atoms with Gasteiger partial charge < -0.3 is 9.64 Å². The summed E-state index contributed by atoms with van der Waals surface area (Å²) in [5.74, 6) is -0.689. The van der Waals surface area contributed by atoms with Gasteiger partial charge in [0.25, 0.3) is 5.91 Å². The van der Waals surface area contributed by atoms with Crippen molar-refractivity contribution >= 4 is 11.9 Å². The molecule has 0 radical (unpaired) electrons. The molecule has 0 aliphatic heterocycles. The molecule has 0 spiro atoms. The second kappa shape index (κ2) is 7.40. The molecule has 1 amide bonds. The fourth-order valence-corrected chi connectivity index (χ4v) is 2.05. The fourth-order valence-electron chi connectivity index (χ4n) is 2.05. The number of benzene rings is 1. The normalized spacial score (nSPS) is 10.3. The van der Waals surface area contributed by atoms with E-state index in [0.717, 1.165) is 5.56 Å². The average Bonchev–Trinajstić information content (AvgIpc) is 3.03. The minimum Gasteiger partial charge on any atom is -0.465 e. The number of nitrogens with zero attached hydrogens (tertiary/aromatic N) is 2. The average molecular weight is 301 g/mol. The topological polar surface area (TPSA) is 75.3 Å². The number of esters is 1. The molecule has 0 saturated heterocycles. The predicted molar refractivity (Wildman–Crippen MR) is 82.2 cm³/mol. The van der Waals surface area contributed by atoms with E-state index in [1.54, 1.807) is 13.0 Å². The molecule has 1 N–H and O–H groups in total. The highest BCUT2D eigenvalue weighted by atomic mass is 16.5. The first-order valence-electron chi connectivity index (χ1n) is 7.21. The Morgan fingerprint density at radius 2 is 1.95 bits per heavy atom. The molecule has 6 nitrogen and oxygen atoms in total. The second-order valence-corrected chi connectivity index (χ2v) is 4.66. The quantitative estimate of drug-likeness (QED) is 0.829. The molecule has 22 heavy (non-hydrogen) atoms. The molecule has 0 fully saturated rings. The summed E-state index contributed by atoms with van der Waals surface area (Å²) in [6.07, 6.45) is 0. The van der Waals surface area contributed by atoms with E-state index in [4.69, 9.17) is 4.74 Å². The minimum absolute atomic E-state index is 0.0666. The Bertz CT molecular complexity index is 637. The number of H-pyrrole nitrogens is 1. The van der Waals surface area contributed by atoms with Crippen molar-refractivity contribution in [2.45, 2.75) is 13.8 Å². The number of hydrogen-bond donors (Lipinski definition) is 1. The summed E-state index contributed by atoms with van der Waals surface area (Å²) in [5.41, 5.74) is 1.97. The van der Waals surface area contributed by atoms with Gasteiger partial charge in [-0.05, 0) is 19.9 Å². The molecule has 0 aliphatic carbocycles. The van der Waals surface area contributed by atoms with Crippen LogP contribution in [0.25, 0.3) is 11.3 Å². The molecular weight excluding hydrogens is 282 g/mol. The van der Waals surface area contributed by atoms with Gasteiger partial charge in [-0.2, -0.15) is 5.10 Å². The minimum atomic E-state index is -0.416. The van der Waals surface area contributed by atoms with Gasteiger partial charge in [0.15, 0.2) is 0 Å². The van der Waals surface area contributed by atoms with E-state index in [-0.39, 0.29) is 12.5 Å². The number of hydrogen-bond acceptors (Lipinski definition) is 4. The summed E-state index contributed by atoms with van der Waals surface area (Å²) >= 11 is 0. The zero-order valence-electron chi connectivity index (χ0n) is 12.7. The lowest BCUT2D eigenvalue weighted by Crippen LogP contribution is -2.36. The molecule has 0 bridgehead atoms. The molecule has 0 unspecified atom stereocenters. The molecule has 1 aromatic heterocycles. The van der Waals surface area contributed by atoms with Crippen LogP contribution in [-0.2, 0) is 9.53 Å². The smallest absolute Gasteiger partial charge is 0.325 e. The van der Waals surface area contributed by atoms with Crippen molar-refractivity contribution in [1.29, 1.82) is 0 Å². The van der Waals surface area contributed by atoms with Gasteiger partial charge in [-0.1, -0.05) is 30.3 Å². The maximum atomic E-state index is 12.4. The number of carbonyl (C=O) groups excluding carboxylic acids is 2. The van der Waals surface area contributed by atoms with E-state index in [2.05, 4.69) is 10.2 Å². The SMILES string of the molecule is CCOC(=O)CN(CC)C(=O)c1cc(-c2ccccc2)n[nH]1. The number of carbonyl (C=O) groups is 2. The van der Waals surface area contributed by atoms with E-state index in [1.165, 1.54) is 4.90 Å². The van der Waals surface area contributed by atoms with E-state index >= 15 is 0 Å². The number of aromatic nitrogens is 2. The van der Waals surface area contributed by atoms with Gasteiger partial charge in [0.2, 0.25) is 0 Å². The van der Waals surface area contributed by atoms with Crippen LogP contribution in [0.4, 0.5) is 0 Å². The van der Waals surface area contributed by atoms with Gasteiger partial charge >= 0.3 is 5.97 Å². The number of nitrogens with one attached hydrogen (secondary N) is 1. The highest BCUT2D eigenvalue weighted by Crippen LogP contribution is 2.17. The summed E-state index contributed by atoms with van der Waals surface area (Å²) in [4.78, 5) is 25.4. The van der Waals surface area contributed by atoms with Crippen LogP contribution in [0.15, 0.2) is 36.4 Å². The van der Waals surface area contributed by atoms with Crippen LogP contribution in [0.1, 0.15) is 24.3 Å². The van der Waals surface area contributed by atoms with E-state index in [9.17, 15) is 9.59 Å². The van der Waals surface area contributed by atoms with E-state index in [0.29, 0.717) is 24.5 Å². The van der Waals surface area contributed by atoms with Crippen LogP contribution < -0.4 is 0 Å². The first-order valence-corrected chi connectivity index (χ1v) is 7.21. The molecule has 0 atom stereocenters. The third-order valence-corrected chi connectivity index (χ3v) is 3.17. The summed E-state index contributed by atoms with van der Waals surface area (Å²) in [5, 5.41) is 6.88. The summed E-state index contributed by atoms with van der Waals surface area (Å²) < 4.78 is 4.88.